The quantitative estimate of drug-likeness (QED) is 0.659. The van der Waals surface area contributed by atoms with Crippen molar-refractivity contribution in [3.05, 3.63) is 0 Å². The first-order valence-corrected chi connectivity index (χ1v) is 4.47. The zero-order valence-corrected chi connectivity index (χ0v) is 6.62. The van der Waals surface area contributed by atoms with Crippen LogP contribution in [0, 0.1) is 17.8 Å². The summed E-state index contributed by atoms with van der Waals surface area (Å²) in [6, 6.07) is 0. The summed E-state index contributed by atoms with van der Waals surface area (Å²) < 4.78 is 0. The van der Waals surface area contributed by atoms with Crippen LogP contribution in [0.15, 0.2) is 0 Å². The molecule has 0 saturated heterocycles. The molecule has 0 aromatic carbocycles. The van der Waals surface area contributed by atoms with Gasteiger partial charge in [-0.1, -0.05) is 6.42 Å². The predicted octanol–water partition coefficient (Wildman–Crippen LogP) is 1.90. The monoisotopic (exact) mass is 154 g/mol. The second kappa shape index (κ2) is 2.50. The lowest BCUT2D eigenvalue weighted by molar-refractivity contribution is -0.138. The first-order chi connectivity index (χ1) is 5.25. The van der Waals surface area contributed by atoms with Gasteiger partial charge in [-0.15, -0.1) is 0 Å². The molecule has 2 fully saturated rings. The van der Waals surface area contributed by atoms with E-state index in [0.29, 0.717) is 12.3 Å². The topological polar surface area (TPSA) is 37.3 Å². The number of carboxylic acid groups (broad SMARTS) is 1. The van der Waals surface area contributed by atoms with Gasteiger partial charge >= 0.3 is 5.97 Å². The van der Waals surface area contributed by atoms with Gasteiger partial charge < -0.3 is 5.11 Å². The fourth-order valence-electron chi connectivity index (χ4n) is 2.85. The van der Waals surface area contributed by atoms with Crippen molar-refractivity contribution >= 4 is 5.97 Å². The SMILES string of the molecule is O=C(O)CC1CC2CC[C@H]1C2. The van der Waals surface area contributed by atoms with Crippen LogP contribution in [-0.4, -0.2) is 11.1 Å². The van der Waals surface area contributed by atoms with Gasteiger partial charge in [0.15, 0.2) is 0 Å². The van der Waals surface area contributed by atoms with E-state index < -0.39 is 5.97 Å². The minimum Gasteiger partial charge on any atom is -0.481 e. The van der Waals surface area contributed by atoms with Crippen LogP contribution >= 0.6 is 0 Å². The van der Waals surface area contributed by atoms with E-state index in [4.69, 9.17) is 5.11 Å². The number of rotatable bonds is 2. The molecule has 0 heterocycles. The molecule has 2 saturated carbocycles. The average Bonchev–Trinajstić information content (AvgIpc) is 2.45. The Hall–Kier alpha value is -0.530. The molecule has 0 spiro atoms. The van der Waals surface area contributed by atoms with E-state index in [0.717, 1.165) is 11.8 Å². The Balaban J connectivity index is 1.92. The van der Waals surface area contributed by atoms with Crippen LogP contribution in [0.4, 0.5) is 0 Å². The molecular weight excluding hydrogens is 140 g/mol. The Bertz CT molecular complexity index is 176. The maximum absolute atomic E-state index is 10.4. The molecule has 11 heavy (non-hydrogen) atoms. The predicted molar refractivity (Wildman–Crippen MR) is 41.2 cm³/mol. The molecule has 2 aliphatic carbocycles. The number of hydrogen-bond acceptors (Lipinski definition) is 1. The van der Waals surface area contributed by atoms with E-state index in [2.05, 4.69) is 0 Å². The molecular formula is C9H14O2. The fraction of sp³-hybridized carbons (Fsp3) is 0.889. The molecule has 0 amide bonds. The summed E-state index contributed by atoms with van der Waals surface area (Å²) in [6.07, 6.45) is 5.58. The third-order valence-electron chi connectivity index (χ3n) is 3.32. The highest BCUT2D eigenvalue weighted by Crippen LogP contribution is 2.49. The van der Waals surface area contributed by atoms with Gasteiger partial charge in [-0.2, -0.15) is 0 Å². The summed E-state index contributed by atoms with van der Waals surface area (Å²) in [5, 5.41) is 8.60. The summed E-state index contributed by atoms with van der Waals surface area (Å²) in [7, 11) is 0. The standard InChI is InChI=1S/C9H14O2/c10-9(11)5-8-4-6-1-2-7(8)3-6/h6-8H,1-5H2,(H,10,11)/t6?,7-,8?/m0/s1. The number of aliphatic carboxylic acids is 1. The molecule has 2 heteroatoms. The molecule has 2 unspecified atom stereocenters. The van der Waals surface area contributed by atoms with Gasteiger partial charge in [0, 0.05) is 6.42 Å². The van der Waals surface area contributed by atoms with Crippen LogP contribution < -0.4 is 0 Å². The maximum Gasteiger partial charge on any atom is 0.303 e. The van der Waals surface area contributed by atoms with Crippen molar-refractivity contribution in [3.8, 4) is 0 Å². The Kier molecular flexibility index (Phi) is 1.63. The zero-order valence-electron chi connectivity index (χ0n) is 6.62. The maximum atomic E-state index is 10.4. The molecule has 62 valence electrons. The van der Waals surface area contributed by atoms with Crippen molar-refractivity contribution in [1.29, 1.82) is 0 Å². The van der Waals surface area contributed by atoms with Gasteiger partial charge in [-0.25, -0.2) is 0 Å². The highest BCUT2D eigenvalue weighted by molar-refractivity contribution is 5.67. The average molecular weight is 154 g/mol. The van der Waals surface area contributed by atoms with E-state index >= 15 is 0 Å². The van der Waals surface area contributed by atoms with Crippen molar-refractivity contribution < 1.29 is 9.90 Å². The van der Waals surface area contributed by atoms with Crippen LogP contribution in [0.1, 0.15) is 32.1 Å². The van der Waals surface area contributed by atoms with Crippen molar-refractivity contribution in [2.24, 2.45) is 17.8 Å². The largest absolute Gasteiger partial charge is 0.481 e. The minimum absolute atomic E-state index is 0.418. The number of carbonyl (C=O) groups is 1. The van der Waals surface area contributed by atoms with Gasteiger partial charge in [-0.3, -0.25) is 4.79 Å². The lowest BCUT2D eigenvalue weighted by Gasteiger charge is -2.18. The molecule has 3 atom stereocenters. The zero-order chi connectivity index (χ0) is 7.84. The molecule has 0 aromatic heterocycles. The Morgan fingerprint density at radius 3 is 2.64 bits per heavy atom. The number of fused-ring (bicyclic) bond motifs is 2. The summed E-state index contributed by atoms with van der Waals surface area (Å²) >= 11 is 0. The van der Waals surface area contributed by atoms with Crippen molar-refractivity contribution in [3.63, 3.8) is 0 Å². The molecule has 0 radical (unpaired) electrons. The molecule has 2 nitrogen and oxygen atoms in total. The molecule has 0 aliphatic heterocycles. The number of carboxylic acids is 1. The van der Waals surface area contributed by atoms with E-state index in [1.165, 1.54) is 25.7 Å². The van der Waals surface area contributed by atoms with Crippen LogP contribution in [0.3, 0.4) is 0 Å². The molecule has 0 aromatic rings. The highest BCUT2D eigenvalue weighted by atomic mass is 16.4. The van der Waals surface area contributed by atoms with Crippen LogP contribution in [0.25, 0.3) is 0 Å². The first kappa shape index (κ1) is 7.14. The van der Waals surface area contributed by atoms with Gasteiger partial charge in [0.1, 0.15) is 0 Å². The summed E-state index contributed by atoms with van der Waals surface area (Å²) in [4.78, 5) is 10.4. The van der Waals surface area contributed by atoms with Gasteiger partial charge in [0.2, 0.25) is 0 Å². The fourth-order valence-corrected chi connectivity index (χ4v) is 2.85. The third-order valence-corrected chi connectivity index (χ3v) is 3.32. The molecule has 2 bridgehead atoms. The normalized spacial score (nSPS) is 41.3. The lowest BCUT2D eigenvalue weighted by atomic mass is 9.86. The Morgan fingerprint density at radius 1 is 1.36 bits per heavy atom. The highest BCUT2D eigenvalue weighted by Gasteiger charge is 2.39. The third kappa shape index (κ3) is 1.26. The smallest absolute Gasteiger partial charge is 0.303 e. The van der Waals surface area contributed by atoms with Gasteiger partial charge in [0.05, 0.1) is 0 Å². The van der Waals surface area contributed by atoms with Crippen LogP contribution in [0.5, 0.6) is 0 Å². The van der Waals surface area contributed by atoms with Crippen molar-refractivity contribution in [2.45, 2.75) is 32.1 Å². The molecule has 1 N–H and O–H groups in total. The number of hydrogen-bond donors (Lipinski definition) is 1. The van der Waals surface area contributed by atoms with Crippen molar-refractivity contribution in [1.82, 2.24) is 0 Å². The Labute approximate surface area is 66.6 Å². The Morgan fingerprint density at radius 2 is 2.18 bits per heavy atom. The lowest BCUT2D eigenvalue weighted by Crippen LogP contribution is -2.14. The van der Waals surface area contributed by atoms with Gasteiger partial charge in [0.25, 0.3) is 0 Å². The van der Waals surface area contributed by atoms with E-state index in [-0.39, 0.29) is 0 Å². The van der Waals surface area contributed by atoms with E-state index in [1.807, 2.05) is 0 Å². The second-order valence-electron chi connectivity index (χ2n) is 4.03. The van der Waals surface area contributed by atoms with Crippen molar-refractivity contribution in [2.75, 3.05) is 0 Å². The van der Waals surface area contributed by atoms with E-state index in [9.17, 15) is 4.79 Å². The van der Waals surface area contributed by atoms with Crippen LogP contribution in [0.2, 0.25) is 0 Å². The summed E-state index contributed by atoms with van der Waals surface area (Å²) in [5.74, 6) is 1.55. The molecule has 2 aliphatic rings. The molecule has 2 rings (SSSR count). The second-order valence-corrected chi connectivity index (χ2v) is 4.03. The first-order valence-electron chi connectivity index (χ1n) is 4.47. The van der Waals surface area contributed by atoms with Crippen LogP contribution in [-0.2, 0) is 4.79 Å². The summed E-state index contributed by atoms with van der Waals surface area (Å²) in [6.45, 7) is 0. The van der Waals surface area contributed by atoms with Gasteiger partial charge in [-0.05, 0) is 37.0 Å². The van der Waals surface area contributed by atoms with E-state index in [1.54, 1.807) is 0 Å². The minimum atomic E-state index is -0.609. The summed E-state index contributed by atoms with van der Waals surface area (Å²) in [5.41, 5.74) is 0.